The number of amidine groups is 1. The van der Waals surface area contributed by atoms with Gasteiger partial charge < -0.3 is 9.84 Å². The maximum atomic E-state index is 12.9. The van der Waals surface area contributed by atoms with Crippen molar-refractivity contribution in [3.05, 3.63) is 99.4 Å². The number of ether oxygens (including phenoxy) is 1. The van der Waals surface area contributed by atoms with Crippen LogP contribution >= 0.6 is 23.4 Å². The van der Waals surface area contributed by atoms with Gasteiger partial charge in [-0.25, -0.2) is 9.79 Å². The molecule has 1 aliphatic rings. The van der Waals surface area contributed by atoms with Crippen LogP contribution in [0.25, 0.3) is 6.08 Å². The van der Waals surface area contributed by atoms with Gasteiger partial charge in [0.1, 0.15) is 12.4 Å². The summed E-state index contributed by atoms with van der Waals surface area (Å²) in [5.74, 6) is -0.410. The van der Waals surface area contributed by atoms with Crippen LogP contribution in [0.4, 0.5) is 5.69 Å². The highest BCUT2D eigenvalue weighted by Gasteiger charge is 2.32. The lowest BCUT2D eigenvalue weighted by atomic mass is 10.2. The Morgan fingerprint density at radius 1 is 1.09 bits per heavy atom. The first kappa shape index (κ1) is 23.6. The van der Waals surface area contributed by atoms with E-state index in [1.807, 2.05) is 61.5 Å². The van der Waals surface area contributed by atoms with E-state index in [-0.39, 0.29) is 11.5 Å². The fourth-order valence-corrected chi connectivity index (χ4v) is 4.50. The van der Waals surface area contributed by atoms with Crippen molar-refractivity contribution < 1.29 is 19.4 Å². The second kappa shape index (κ2) is 10.6. The van der Waals surface area contributed by atoms with Crippen LogP contribution in [0.15, 0.2) is 82.7 Å². The van der Waals surface area contributed by atoms with Crippen LogP contribution in [-0.2, 0) is 11.4 Å². The minimum absolute atomic E-state index is 0.118. The minimum Gasteiger partial charge on any atom is -0.489 e. The Bertz CT molecular complexity index is 1270. The normalized spacial score (nSPS) is 15.8. The zero-order chi connectivity index (χ0) is 24.1. The van der Waals surface area contributed by atoms with E-state index in [0.29, 0.717) is 39.7 Å². The molecule has 4 rings (SSSR count). The van der Waals surface area contributed by atoms with E-state index in [4.69, 9.17) is 21.4 Å². The lowest BCUT2D eigenvalue weighted by Gasteiger charge is -2.12. The summed E-state index contributed by atoms with van der Waals surface area (Å²) in [6.07, 6.45) is 1.82. The Labute approximate surface area is 206 Å². The van der Waals surface area contributed by atoms with Crippen LogP contribution in [0.5, 0.6) is 5.75 Å². The molecule has 8 heteroatoms. The van der Waals surface area contributed by atoms with Crippen LogP contribution in [0.2, 0.25) is 5.02 Å². The summed E-state index contributed by atoms with van der Waals surface area (Å²) in [6, 6.07) is 21.2. The number of aliphatic imine (C=N–C) groups is 1. The van der Waals surface area contributed by atoms with E-state index in [1.54, 1.807) is 17.0 Å². The molecule has 1 N–H and O–H groups in total. The maximum absolute atomic E-state index is 12.9. The molecule has 0 bridgehead atoms. The van der Waals surface area contributed by atoms with Crippen molar-refractivity contribution in [3.8, 4) is 5.75 Å². The van der Waals surface area contributed by atoms with Gasteiger partial charge in [0, 0.05) is 17.1 Å². The zero-order valence-electron chi connectivity index (χ0n) is 18.3. The predicted octanol–water partition coefficient (Wildman–Crippen LogP) is 6.24. The van der Waals surface area contributed by atoms with Crippen LogP contribution in [0, 0.1) is 0 Å². The molecule has 1 saturated heterocycles. The number of halogens is 1. The lowest BCUT2D eigenvalue weighted by Crippen LogP contribution is -2.28. The zero-order valence-corrected chi connectivity index (χ0v) is 19.8. The topological polar surface area (TPSA) is 79.2 Å². The van der Waals surface area contributed by atoms with Gasteiger partial charge in [0.2, 0.25) is 0 Å². The molecule has 1 aliphatic heterocycles. The van der Waals surface area contributed by atoms with Crippen molar-refractivity contribution in [1.82, 2.24) is 4.90 Å². The van der Waals surface area contributed by atoms with E-state index in [1.165, 1.54) is 23.9 Å². The molecular weight excluding hydrogens is 472 g/mol. The van der Waals surface area contributed by atoms with E-state index < -0.39 is 5.97 Å². The third-order valence-corrected chi connectivity index (χ3v) is 6.45. The van der Waals surface area contributed by atoms with Gasteiger partial charge in [-0.1, -0.05) is 41.9 Å². The SMILES string of the molecule is CCN1C(=O)C(=Cc2ccc(OCc3ccccc3Cl)cc2)SC1=Nc1ccc(C(=O)O)cc1. The highest BCUT2D eigenvalue weighted by molar-refractivity contribution is 8.18. The van der Waals surface area contributed by atoms with Crippen molar-refractivity contribution in [2.24, 2.45) is 4.99 Å². The molecule has 1 heterocycles. The van der Waals surface area contributed by atoms with Gasteiger partial charge in [0.05, 0.1) is 16.2 Å². The fraction of sp³-hybridized carbons (Fsp3) is 0.115. The molecule has 1 fully saturated rings. The molecule has 0 unspecified atom stereocenters. The summed E-state index contributed by atoms with van der Waals surface area (Å²) in [6.45, 7) is 2.73. The number of benzene rings is 3. The second-order valence-corrected chi connectivity index (χ2v) is 8.77. The number of amides is 1. The lowest BCUT2D eigenvalue weighted by molar-refractivity contribution is -0.122. The molecule has 0 atom stereocenters. The number of carboxylic acids is 1. The summed E-state index contributed by atoms with van der Waals surface area (Å²) in [5.41, 5.74) is 2.54. The van der Waals surface area contributed by atoms with E-state index in [9.17, 15) is 9.59 Å². The number of thioether (sulfide) groups is 1. The monoisotopic (exact) mass is 492 g/mol. The van der Waals surface area contributed by atoms with Crippen LogP contribution in [0.3, 0.4) is 0 Å². The number of hydrogen-bond acceptors (Lipinski definition) is 5. The fourth-order valence-electron chi connectivity index (χ4n) is 3.25. The average molecular weight is 493 g/mol. The molecule has 0 spiro atoms. The predicted molar refractivity (Wildman–Crippen MR) is 136 cm³/mol. The number of carbonyl (C=O) groups is 2. The van der Waals surface area contributed by atoms with E-state index in [0.717, 1.165) is 11.1 Å². The molecule has 172 valence electrons. The number of carbonyl (C=O) groups excluding carboxylic acids is 1. The van der Waals surface area contributed by atoms with Gasteiger partial charge in [-0.15, -0.1) is 0 Å². The molecule has 34 heavy (non-hydrogen) atoms. The maximum Gasteiger partial charge on any atom is 0.335 e. The molecule has 0 radical (unpaired) electrons. The molecule has 1 amide bonds. The summed E-state index contributed by atoms with van der Waals surface area (Å²) in [7, 11) is 0. The Morgan fingerprint density at radius 3 is 2.44 bits per heavy atom. The number of nitrogens with zero attached hydrogens (tertiary/aromatic N) is 2. The average Bonchev–Trinajstić information content (AvgIpc) is 3.13. The number of aromatic carboxylic acids is 1. The van der Waals surface area contributed by atoms with Crippen LogP contribution in [0.1, 0.15) is 28.4 Å². The Balaban J connectivity index is 1.47. The molecule has 3 aromatic carbocycles. The van der Waals surface area contributed by atoms with Gasteiger partial charge in [0.15, 0.2) is 5.17 Å². The Morgan fingerprint density at radius 2 is 1.79 bits per heavy atom. The van der Waals surface area contributed by atoms with Gasteiger partial charge in [-0.05, 0) is 72.8 Å². The molecule has 0 aromatic heterocycles. The standard InChI is InChI=1S/C26H21ClN2O4S/c1-2-29-24(30)23(34-26(29)28-20-11-9-18(10-12-20)25(31)32)15-17-7-13-21(14-8-17)33-16-19-5-3-4-6-22(19)27/h3-15H,2,16H2,1H3,(H,31,32). The van der Waals surface area contributed by atoms with E-state index in [2.05, 4.69) is 4.99 Å². The number of hydrogen-bond donors (Lipinski definition) is 1. The minimum atomic E-state index is -0.995. The van der Waals surface area contributed by atoms with Crippen molar-refractivity contribution >= 4 is 52.2 Å². The first-order chi connectivity index (χ1) is 16.4. The molecule has 3 aromatic rings. The number of rotatable bonds is 7. The highest BCUT2D eigenvalue weighted by Crippen LogP contribution is 2.34. The molecular formula is C26H21ClN2O4S. The second-order valence-electron chi connectivity index (χ2n) is 7.36. The number of carboxylic acid groups (broad SMARTS) is 1. The van der Waals surface area contributed by atoms with Gasteiger partial charge in [-0.2, -0.15) is 0 Å². The van der Waals surface area contributed by atoms with Gasteiger partial charge in [0.25, 0.3) is 5.91 Å². The van der Waals surface area contributed by atoms with Gasteiger partial charge in [-0.3, -0.25) is 9.69 Å². The first-order valence-electron chi connectivity index (χ1n) is 10.5. The number of likely N-dealkylation sites (N-methyl/N-ethyl adjacent to an activating group) is 1. The van der Waals surface area contributed by atoms with Crippen LogP contribution in [-0.4, -0.2) is 33.6 Å². The van der Waals surface area contributed by atoms with Crippen LogP contribution < -0.4 is 4.74 Å². The van der Waals surface area contributed by atoms with Crippen molar-refractivity contribution in [2.45, 2.75) is 13.5 Å². The molecule has 6 nitrogen and oxygen atoms in total. The van der Waals surface area contributed by atoms with Crippen molar-refractivity contribution in [1.29, 1.82) is 0 Å². The third-order valence-electron chi connectivity index (χ3n) is 5.07. The summed E-state index contributed by atoms with van der Waals surface area (Å²) < 4.78 is 5.82. The van der Waals surface area contributed by atoms with E-state index >= 15 is 0 Å². The van der Waals surface area contributed by atoms with Gasteiger partial charge >= 0.3 is 5.97 Å². The van der Waals surface area contributed by atoms with Crippen molar-refractivity contribution in [3.63, 3.8) is 0 Å². The quantitative estimate of drug-likeness (QED) is 0.395. The Kier molecular flexibility index (Phi) is 7.35. The largest absolute Gasteiger partial charge is 0.489 e. The third kappa shape index (κ3) is 5.50. The smallest absolute Gasteiger partial charge is 0.335 e. The molecule has 0 saturated carbocycles. The summed E-state index contributed by atoms with van der Waals surface area (Å²) in [5, 5.41) is 10.3. The molecule has 0 aliphatic carbocycles. The summed E-state index contributed by atoms with van der Waals surface area (Å²) in [4.78, 5) is 30.6. The first-order valence-corrected chi connectivity index (χ1v) is 11.7. The summed E-state index contributed by atoms with van der Waals surface area (Å²) >= 11 is 7.46. The Hall–Kier alpha value is -3.55. The van der Waals surface area contributed by atoms with Crippen molar-refractivity contribution in [2.75, 3.05) is 6.54 Å². The highest BCUT2D eigenvalue weighted by atomic mass is 35.5.